The zero-order valence-corrected chi connectivity index (χ0v) is 11.1. The van der Waals surface area contributed by atoms with Crippen molar-refractivity contribution in [2.24, 2.45) is 11.1 Å². The highest BCUT2D eigenvalue weighted by atomic mass is 32.1. The van der Waals surface area contributed by atoms with E-state index in [0.717, 1.165) is 6.54 Å². The van der Waals surface area contributed by atoms with Crippen molar-refractivity contribution in [1.82, 2.24) is 4.90 Å². The van der Waals surface area contributed by atoms with Gasteiger partial charge in [-0.25, -0.2) is 0 Å². The molecule has 1 atom stereocenters. The molecule has 0 aliphatic carbocycles. The molecule has 1 fully saturated rings. The van der Waals surface area contributed by atoms with Crippen molar-refractivity contribution in [3.63, 3.8) is 0 Å². The number of hydrogen-bond acceptors (Lipinski definition) is 3. The molecule has 0 spiro atoms. The minimum Gasteiger partial charge on any atom is -0.329 e. The van der Waals surface area contributed by atoms with E-state index in [1.165, 1.54) is 31.5 Å². The van der Waals surface area contributed by atoms with E-state index in [4.69, 9.17) is 5.73 Å². The van der Waals surface area contributed by atoms with Gasteiger partial charge < -0.3 is 5.73 Å². The second-order valence-electron chi connectivity index (χ2n) is 5.55. The van der Waals surface area contributed by atoms with E-state index in [-0.39, 0.29) is 0 Å². The Kier molecular flexibility index (Phi) is 3.67. The van der Waals surface area contributed by atoms with E-state index in [1.807, 2.05) is 0 Å². The number of piperidine rings is 1. The second kappa shape index (κ2) is 4.86. The summed E-state index contributed by atoms with van der Waals surface area (Å²) in [6.07, 6.45) is 2.64. The molecule has 2 heterocycles. The normalized spacial score (nSPS) is 23.2. The lowest BCUT2D eigenvalue weighted by atomic mass is 9.83. The van der Waals surface area contributed by atoms with Crippen LogP contribution in [0, 0.1) is 5.41 Å². The van der Waals surface area contributed by atoms with Gasteiger partial charge in [0.15, 0.2) is 0 Å². The predicted molar refractivity (Wildman–Crippen MR) is 70.7 cm³/mol. The fourth-order valence-corrected chi connectivity index (χ4v) is 3.40. The summed E-state index contributed by atoms with van der Waals surface area (Å²) < 4.78 is 0. The summed E-state index contributed by atoms with van der Waals surface area (Å²) in [6, 6.07) is 2.63. The summed E-state index contributed by atoms with van der Waals surface area (Å²) in [4.78, 5) is 2.56. The summed E-state index contributed by atoms with van der Waals surface area (Å²) in [5.74, 6) is 0. The summed E-state index contributed by atoms with van der Waals surface area (Å²) in [5.41, 5.74) is 7.79. The summed E-state index contributed by atoms with van der Waals surface area (Å²) in [7, 11) is 0. The zero-order valence-electron chi connectivity index (χ0n) is 10.3. The molecule has 2 rings (SSSR count). The first-order valence-corrected chi connectivity index (χ1v) is 7.03. The van der Waals surface area contributed by atoms with Crippen LogP contribution in [0.15, 0.2) is 16.8 Å². The monoisotopic (exact) mass is 238 g/mol. The molecule has 1 aliphatic heterocycles. The molecule has 0 saturated carbocycles. The molecule has 1 unspecified atom stereocenters. The predicted octanol–water partition coefficient (Wildman–Crippen LogP) is 2.87. The lowest BCUT2D eigenvalue weighted by Gasteiger charge is -2.42. The van der Waals surface area contributed by atoms with Crippen molar-refractivity contribution in [2.45, 2.75) is 32.7 Å². The molecule has 1 saturated heterocycles. The van der Waals surface area contributed by atoms with E-state index in [9.17, 15) is 0 Å². The fourth-order valence-electron chi connectivity index (χ4n) is 2.70. The molecule has 16 heavy (non-hydrogen) atoms. The smallest absolute Gasteiger partial charge is 0.0478 e. The van der Waals surface area contributed by atoms with Crippen LogP contribution in [0.3, 0.4) is 0 Å². The first-order chi connectivity index (χ1) is 7.62. The van der Waals surface area contributed by atoms with E-state index in [0.29, 0.717) is 11.5 Å². The number of nitrogens with two attached hydrogens (primary N) is 1. The van der Waals surface area contributed by atoms with Crippen LogP contribution < -0.4 is 5.73 Å². The van der Waals surface area contributed by atoms with Gasteiger partial charge in [0, 0.05) is 19.1 Å². The Labute approximate surface area is 102 Å². The Balaban J connectivity index is 2.10. The second-order valence-corrected chi connectivity index (χ2v) is 6.33. The van der Waals surface area contributed by atoms with Gasteiger partial charge in [0.25, 0.3) is 0 Å². The minimum absolute atomic E-state index is 0.422. The molecule has 0 bridgehead atoms. The number of thiophene rings is 1. The SMILES string of the molecule is CC1(C)CCCN(C(CN)c2ccsc2)C1. The van der Waals surface area contributed by atoms with Crippen LogP contribution in [-0.4, -0.2) is 24.5 Å². The molecule has 0 amide bonds. The Morgan fingerprint density at radius 1 is 1.56 bits per heavy atom. The highest BCUT2D eigenvalue weighted by Crippen LogP contribution is 2.33. The molecule has 1 aliphatic rings. The minimum atomic E-state index is 0.422. The first kappa shape index (κ1) is 12.1. The summed E-state index contributed by atoms with van der Waals surface area (Å²) in [6.45, 7) is 7.82. The van der Waals surface area contributed by atoms with Gasteiger partial charge in [0.1, 0.15) is 0 Å². The molecule has 0 radical (unpaired) electrons. The van der Waals surface area contributed by atoms with Crippen molar-refractivity contribution >= 4 is 11.3 Å². The van der Waals surface area contributed by atoms with Crippen molar-refractivity contribution in [3.05, 3.63) is 22.4 Å². The Morgan fingerprint density at radius 2 is 2.38 bits per heavy atom. The standard InChI is InChI=1S/C13H22N2S/c1-13(2)5-3-6-15(10-13)12(8-14)11-4-7-16-9-11/h4,7,9,12H,3,5-6,8,10,14H2,1-2H3. The van der Waals surface area contributed by atoms with Gasteiger partial charge in [0.2, 0.25) is 0 Å². The summed E-state index contributed by atoms with van der Waals surface area (Å²) >= 11 is 1.76. The lowest BCUT2D eigenvalue weighted by molar-refractivity contribution is 0.0808. The van der Waals surface area contributed by atoms with E-state index in [1.54, 1.807) is 11.3 Å². The number of rotatable bonds is 3. The van der Waals surface area contributed by atoms with Crippen LogP contribution in [-0.2, 0) is 0 Å². The molecule has 3 heteroatoms. The fraction of sp³-hybridized carbons (Fsp3) is 0.692. The zero-order chi connectivity index (χ0) is 11.6. The van der Waals surface area contributed by atoms with Crippen molar-refractivity contribution in [2.75, 3.05) is 19.6 Å². The van der Waals surface area contributed by atoms with Gasteiger partial charge in [-0.15, -0.1) is 0 Å². The molecular weight excluding hydrogens is 216 g/mol. The molecule has 0 aromatic carbocycles. The quantitative estimate of drug-likeness (QED) is 0.877. The third-order valence-electron chi connectivity index (χ3n) is 3.52. The van der Waals surface area contributed by atoms with Gasteiger partial charge in [-0.3, -0.25) is 4.90 Å². The van der Waals surface area contributed by atoms with Crippen LogP contribution in [0.4, 0.5) is 0 Å². The molecule has 90 valence electrons. The highest BCUT2D eigenvalue weighted by Gasteiger charge is 2.30. The van der Waals surface area contributed by atoms with Gasteiger partial charge in [-0.2, -0.15) is 11.3 Å². The van der Waals surface area contributed by atoms with Crippen LogP contribution in [0.1, 0.15) is 38.3 Å². The average molecular weight is 238 g/mol. The van der Waals surface area contributed by atoms with Crippen LogP contribution in [0.5, 0.6) is 0 Å². The molecule has 1 aromatic heterocycles. The Hall–Kier alpha value is -0.380. The lowest BCUT2D eigenvalue weighted by Crippen LogP contribution is -2.44. The van der Waals surface area contributed by atoms with E-state index < -0.39 is 0 Å². The maximum Gasteiger partial charge on any atom is 0.0478 e. The number of likely N-dealkylation sites (tertiary alicyclic amines) is 1. The largest absolute Gasteiger partial charge is 0.329 e. The van der Waals surface area contributed by atoms with Gasteiger partial charge >= 0.3 is 0 Å². The molecular formula is C13H22N2S. The Morgan fingerprint density at radius 3 is 2.94 bits per heavy atom. The van der Waals surface area contributed by atoms with Crippen molar-refractivity contribution in [1.29, 1.82) is 0 Å². The van der Waals surface area contributed by atoms with Crippen LogP contribution in [0.2, 0.25) is 0 Å². The third kappa shape index (κ3) is 2.65. The number of nitrogens with zero attached hydrogens (tertiary/aromatic N) is 1. The van der Waals surface area contributed by atoms with Crippen molar-refractivity contribution in [3.8, 4) is 0 Å². The van der Waals surface area contributed by atoms with Gasteiger partial charge in [0.05, 0.1) is 0 Å². The molecule has 2 nitrogen and oxygen atoms in total. The summed E-state index contributed by atoms with van der Waals surface area (Å²) in [5, 5.41) is 4.38. The van der Waals surface area contributed by atoms with Crippen LogP contribution in [0.25, 0.3) is 0 Å². The van der Waals surface area contributed by atoms with E-state index >= 15 is 0 Å². The van der Waals surface area contributed by atoms with E-state index in [2.05, 4.69) is 35.6 Å². The van der Waals surface area contributed by atoms with Crippen LogP contribution >= 0.6 is 11.3 Å². The molecule has 2 N–H and O–H groups in total. The van der Waals surface area contributed by atoms with Gasteiger partial charge in [-0.1, -0.05) is 13.8 Å². The first-order valence-electron chi connectivity index (χ1n) is 6.09. The maximum absolute atomic E-state index is 5.95. The van der Waals surface area contributed by atoms with Gasteiger partial charge in [-0.05, 0) is 47.2 Å². The van der Waals surface area contributed by atoms with Crippen molar-refractivity contribution < 1.29 is 0 Å². The third-order valence-corrected chi connectivity index (χ3v) is 4.22. The topological polar surface area (TPSA) is 29.3 Å². The molecule has 1 aromatic rings. The average Bonchev–Trinajstić information content (AvgIpc) is 2.71. The maximum atomic E-state index is 5.95. The highest BCUT2D eigenvalue weighted by molar-refractivity contribution is 7.07. The Bertz CT molecular complexity index is 319. The number of hydrogen-bond donors (Lipinski definition) is 1.